The molecule has 19 heavy (non-hydrogen) atoms. The molecule has 1 aromatic heterocycles. The lowest BCUT2D eigenvalue weighted by Gasteiger charge is -2.15. The zero-order valence-electron chi connectivity index (χ0n) is 10.8. The van der Waals surface area contributed by atoms with Crippen molar-refractivity contribution in [1.82, 2.24) is 4.98 Å². The number of rotatable bonds is 5. The third kappa shape index (κ3) is 3.69. The second kappa shape index (κ2) is 6.55. The number of benzene rings is 1. The lowest BCUT2D eigenvalue weighted by atomic mass is 10.00. The second-order valence-corrected chi connectivity index (χ2v) is 4.71. The van der Waals surface area contributed by atoms with Gasteiger partial charge >= 0.3 is 0 Å². The van der Waals surface area contributed by atoms with Gasteiger partial charge in [0.2, 0.25) is 0 Å². The van der Waals surface area contributed by atoms with E-state index in [1.54, 1.807) is 12.4 Å². The molecule has 2 rings (SSSR count). The van der Waals surface area contributed by atoms with Crippen LogP contribution < -0.4 is 10.5 Å². The molecular formula is C15H17ClN2O. The van der Waals surface area contributed by atoms with Crippen molar-refractivity contribution in [2.24, 2.45) is 5.73 Å². The summed E-state index contributed by atoms with van der Waals surface area (Å²) in [6.45, 7) is 2.58. The maximum absolute atomic E-state index is 6.22. The van der Waals surface area contributed by atoms with Gasteiger partial charge in [0.05, 0.1) is 6.61 Å². The number of pyridine rings is 1. The van der Waals surface area contributed by atoms with Crippen LogP contribution >= 0.6 is 11.6 Å². The molecule has 0 aliphatic rings. The van der Waals surface area contributed by atoms with Gasteiger partial charge in [0, 0.05) is 23.5 Å². The molecule has 2 N–H and O–H groups in total. The van der Waals surface area contributed by atoms with E-state index in [1.807, 2.05) is 37.3 Å². The molecule has 0 spiro atoms. The van der Waals surface area contributed by atoms with Gasteiger partial charge in [-0.1, -0.05) is 11.6 Å². The van der Waals surface area contributed by atoms with Gasteiger partial charge in [-0.25, -0.2) is 0 Å². The molecule has 0 fully saturated rings. The number of hydrogen-bond donors (Lipinski definition) is 1. The Morgan fingerprint density at radius 1 is 1.26 bits per heavy atom. The first-order valence-corrected chi connectivity index (χ1v) is 6.65. The minimum Gasteiger partial charge on any atom is -0.494 e. The van der Waals surface area contributed by atoms with Crippen LogP contribution in [0.3, 0.4) is 0 Å². The first-order valence-electron chi connectivity index (χ1n) is 6.27. The van der Waals surface area contributed by atoms with Gasteiger partial charge in [0.1, 0.15) is 5.75 Å². The fourth-order valence-corrected chi connectivity index (χ4v) is 2.16. The third-order valence-electron chi connectivity index (χ3n) is 2.90. The van der Waals surface area contributed by atoms with Crippen LogP contribution in [0.15, 0.2) is 42.7 Å². The number of halogens is 1. The monoisotopic (exact) mass is 276 g/mol. The Bertz CT molecular complexity index is 531. The Kier molecular flexibility index (Phi) is 4.77. The van der Waals surface area contributed by atoms with Crippen molar-refractivity contribution in [2.45, 2.75) is 19.4 Å². The zero-order valence-corrected chi connectivity index (χ0v) is 11.6. The second-order valence-electron chi connectivity index (χ2n) is 4.28. The normalized spacial score (nSPS) is 12.2. The fraction of sp³-hybridized carbons (Fsp3) is 0.267. The summed E-state index contributed by atoms with van der Waals surface area (Å²) >= 11 is 6.04. The highest BCUT2D eigenvalue weighted by atomic mass is 35.5. The van der Waals surface area contributed by atoms with Crippen molar-refractivity contribution in [2.75, 3.05) is 6.61 Å². The van der Waals surface area contributed by atoms with Crippen LogP contribution in [0.1, 0.15) is 24.1 Å². The molecule has 0 aliphatic heterocycles. The van der Waals surface area contributed by atoms with Crippen LogP contribution in [0.4, 0.5) is 0 Å². The summed E-state index contributed by atoms with van der Waals surface area (Å²) in [5.41, 5.74) is 8.30. The van der Waals surface area contributed by atoms with Gasteiger partial charge < -0.3 is 10.5 Å². The van der Waals surface area contributed by atoms with Crippen molar-refractivity contribution in [3.8, 4) is 5.75 Å². The molecule has 100 valence electrons. The van der Waals surface area contributed by atoms with Crippen LogP contribution in [-0.4, -0.2) is 11.6 Å². The average molecular weight is 277 g/mol. The molecule has 1 unspecified atom stereocenters. The maximum atomic E-state index is 6.22. The Labute approximate surface area is 118 Å². The molecule has 0 saturated carbocycles. The average Bonchev–Trinajstić information content (AvgIpc) is 2.43. The van der Waals surface area contributed by atoms with E-state index in [0.717, 1.165) is 16.9 Å². The quantitative estimate of drug-likeness (QED) is 0.911. The zero-order chi connectivity index (χ0) is 13.7. The SMILES string of the molecule is CCOc1ccc(Cl)cc1CC(N)c1ccncc1. The van der Waals surface area contributed by atoms with Gasteiger partial charge in [-0.2, -0.15) is 0 Å². The minimum atomic E-state index is -0.0966. The molecule has 0 saturated heterocycles. The molecule has 0 bridgehead atoms. The van der Waals surface area contributed by atoms with Crippen LogP contribution in [0.25, 0.3) is 0 Å². The van der Waals surface area contributed by atoms with Crippen molar-refractivity contribution in [1.29, 1.82) is 0 Å². The number of ether oxygens (including phenoxy) is 1. The van der Waals surface area contributed by atoms with Crippen LogP contribution in [0.2, 0.25) is 5.02 Å². The smallest absolute Gasteiger partial charge is 0.122 e. The molecule has 4 heteroatoms. The predicted molar refractivity (Wildman–Crippen MR) is 77.5 cm³/mol. The largest absolute Gasteiger partial charge is 0.494 e. The van der Waals surface area contributed by atoms with Crippen molar-refractivity contribution in [3.63, 3.8) is 0 Å². The van der Waals surface area contributed by atoms with Crippen molar-refractivity contribution < 1.29 is 4.74 Å². The lowest BCUT2D eigenvalue weighted by molar-refractivity contribution is 0.335. The molecule has 1 heterocycles. The van der Waals surface area contributed by atoms with E-state index in [9.17, 15) is 0 Å². The summed E-state index contributed by atoms with van der Waals surface area (Å²) in [4.78, 5) is 3.99. The highest BCUT2D eigenvalue weighted by Gasteiger charge is 2.11. The Morgan fingerprint density at radius 2 is 2.00 bits per heavy atom. The summed E-state index contributed by atoms with van der Waals surface area (Å²) < 4.78 is 5.60. The molecule has 0 amide bonds. The topological polar surface area (TPSA) is 48.1 Å². The van der Waals surface area contributed by atoms with Gasteiger partial charge in [-0.3, -0.25) is 4.98 Å². The van der Waals surface area contributed by atoms with E-state index < -0.39 is 0 Å². The Morgan fingerprint density at radius 3 is 2.68 bits per heavy atom. The molecule has 2 aromatic rings. The van der Waals surface area contributed by atoms with E-state index in [4.69, 9.17) is 22.1 Å². The van der Waals surface area contributed by atoms with Gasteiger partial charge in [-0.15, -0.1) is 0 Å². The van der Waals surface area contributed by atoms with Gasteiger partial charge in [0.25, 0.3) is 0 Å². The van der Waals surface area contributed by atoms with Crippen LogP contribution in [0, 0.1) is 0 Å². The van der Waals surface area contributed by atoms with E-state index in [0.29, 0.717) is 18.1 Å². The molecule has 0 radical (unpaired) electrons. The van der Waals surface area contributed by atoms with Gasteiger partial charge in [-0.05, 0) is 54.8 Å². The molecule has 0 aliphatic carbocycles. The van der Waals surface area contributed by atoms with Crippen LogP contribution in [0.5, 0.6) is 5.75 Å². The number of aromatic nitrogens is 1. The Hall–Kier alpha value is -1.58. The maximum Gasteiger partial charge on any atom is 0.122 e. The summed E-state index contributed by atoms with van der Waals surface area (Å²) in [5.74, 6) is 0.844. The third-order valence-corrected chi connectivity index (χ3v) is 3.13. The van der Waals surface area contributed by atoms with E-state index in [1.165, 1.54) is 0 Å². The van der Waals surface area contributed by atoms with Crippen LogP contribution in [-0.2, 0) is 6.42 Å². The first kappa shape index (κ1) is 13.8. The molecule has 1 aromatic carbocycles. The number of nitrogens with zero attached hydrogens (tertiary/aromatic N) is 1. The highest BCUT2D eigenvalue weighted by Crippen LogP contribution is 2.27. The molecule has 3 nitrogen and oxygen atoms in total. The summed E-state index contributed by atoms with van der Waals surface area (Å²) in [7, 11) is 0. The minimum absolute atomic E-state index is 0.0966. The predicted octanol–water partition coefficient (Wildman–Crippen LogP) is 3.38. The summed E-state index contributed by atoms with van der Waals surface area (Å²) in [6, 6.07) is 9.38. The highest BCUT2D eigenvalue weighted by molar-refractivity contribution is 6.30. The molecular weight excluding hydrogens is 260 g/mol. The van der Waals surface area contributed by atoms with E-state index in [2.05, 4.69) is 4.98 Å². The molecule has 1 atom stereocenters. The summed E-state index contributed by atoms with van der Waals surface area (Å²) in [5, 5.41) is 0.695. The van der Waals surface area contributed by atoms with Crippen molar-refractivity contribution >= 4 is 11.6 Å². The fourth-order valence-electron chi connectivity index (χ4n) is 1.97. The van der Waals surface area contributed by atoms with Gasteiger partial charge in [0.15, 0.2) is 0 Å². The first-order chi connectivity index (χ1) is 9.20. The number of hydrogen-bond acceptors (Lipinski definition) is 3. The standard InChI is InChI=1S/C15H17ClN2O/c1-2-19-15-4-3-13(16)9-12(15)10-14(17)11-5-7-18-8-6-11/h3-9,14H,2,10,17H2,1H3. The number of nitrogens with two attached hydrogens (primary N) is 1. The van der Waals surface area contributed by atoms with E-state index >= 15 is 0 Å². The van der Waals surface area contributed by atoms with Crippen molar-refractivity contribution in [3.05, 3.63) is 58.9 Å². The summed E-state index contributed by atoms with van der Waals surface area (Å²) in [6.07, 6.45) is 4.17. The van der Waals surface area contributed by atoms with E-state index in [-0.39, 0.29) is 6.04 Å². The Balaban J connectivity index is 2.20. The lowest BCUT2D eigenvalue weighted by Crippen LogP contribution is -2.14.